The molecule has 31 heavy (non-hydrogen) atoms. The molecule has 0 spiro atoms. The summed E-state index contributed by atoms with van der Waals surface area (Å²) in [5.41, 5.74) is 4.64. The van der Waals surface area contributed by atoms with Crippen LogP contribution < -0.4 is 4.74 Å². The summed E-state index contributed by atoms with van der Waals surface area (Å²) in [7, 11) is 1.67. The molecule has 1 atom stereocenters. The minimum absolute atomic E-state index is 0.0627. The fourth-order valence-corrected chi connectivity index (χ4v) is 4.52. The Balaban J connectivity index is 1.71. The number of nitrogens with zero attached hydrogens (tertiary/aromatic N) is 1. The zero-order valence-electron chi connectivity index (χ0n) is 17.8. The van der Waals surface area contributed by atoms with Crippen LogP contribution in [0, 0.1) is 0 Å². The Kier molecular flexibility index (Phi) is 7.00. The maximum atomic E-state index is 6.29. The number of aromatic nitrogens is 1. The normalized spacial score (nSPS) is 15.7. The second-order valence-electron chi connectivity index (χ2n) is 7.58. The van der Waals surface area contributed by atoms with Crippen LogP contribution in [0.4, 0.5) is 0 Å². The number of rotatable bonds is 7. The number of aromatic amines is 1. The Bertz CT molecular complexity index is 1050. The van der Waals surface area contributed by atoms with E-state index in [1.165, 1.54) is 10.9 Å². The highest BCUT2D eigenvalue weighted by Crippen LogP contribution is 2.39. The minimum Gasteiger partial charge on any atom is -0.491 e. The van der Waals surface area contributed by atoms with Gasteiger partial charge in [-0.1, -0.05) is 30.7 Å². The number of thiocarbonyl (C=S) groups is 1. The van der Waals surface area contributed by atoms with E-state index < -0.39 is 0 Å². The lowest BCUT2D eigenvalue weighted by atomic mass is 9.93. The van der Waals surface area contributed by atoms with Crippen molar-refractivity contribution in [3.63, 3.8) is 0 Å². The lowest BCUT2D eigenvalue weighted by Crippen LogP contribution is -2.40. The van der Waals surface area contributed by atoms with Crippen LogP contribution in [-0.2, 0) is 15.9 Å². The predicted molar refractivity (Wildman–Crippen MR) is 128 cm³/mol. The van der Waals surface area contributed by atoms with Gasteiger partial charge in [0.2, 0.25) is 0 Å². The van der Waals surface area contributed by atoms with E-state index in [4.69, 9.17) is 38.0 Å². The fourth-order valence-electron chi connectivity index (χ4n) is 4.07. The van der Waals surface area contributed by atoms with Crippen molar-refractivity contribution in [1.82, 2.24) is 9.88 Å². The summed E-state index contributed by atoms with van der Waals surface area (Å²) in [5.74, 6) is 0.816. The van der Waals surface area contributed by atoms with Gasteiger partial charge in [0.15, 0.2) is 0 Å². The van der Waals surface area contributed by atoms with Gasteiger partial charge in [0, 0.05) is 35.3 Å². The van der Waals surface area contributed by atoms with Gasteiger partial charge in [0.05, 0.1) is 19.3 Å². The third-order valence-corrected chi connectivity index (χ3v) is 6.09. The number of methoxy groups -OCH3 is 1. The molecule has 1 unspecified atom stereocenters. The molecule has 0 bridgehead atoms. The standard InChI is InChI=1S/C24H27ClN2O3S/c1-3-12-30-24(31)27-11-10-19-20-15-17(25)6-9-21(20)26-22(19)23(27)16-4-7-18(8-5-16)29-14-13-28-2/h4-9,15,23,26H,3,10-14H2,1-2H3. The quantitative estimate of drug-likeness (QED) is 0.374. The highest BCUT2D eigenvalue weighted by atomic mass is 35.5. The van der Waals surface area contributed by atoms with E-state index in [0.29, 0.717) is 25.0 Å². The molecule has 164 valence electrons. The molecule has 4 rings (SSSR count). The molecule has 7 heteroatoms. The third-order valence-electron chi connectivity index (χ3n) is 5.51. The first-order chi connectivity index (χ1) is 15.1. The molecule has 0 saturated carbocycles. The van der Waals surface area contributed by atoms with Gasteiger partial charge in [-0.3, -0.25) is 0 Å². The van der Waals surface area contributed by atoms with Gasteiger partial charge in [-0.05, 0) is 66.5 Å². The zero-order chi connectivity index (χ0) is 21.8. The predicted octanol–water partition coefficient (Wildman–Crippen LogP) is 5.51. The number of fused-ring (bicyclic) bond motifs is 3. The number of ether oxygens (including phenoxy) is 3. The van der Waals surface area contributed by atoms with E-state index in [2.05, 4.69) is 28.9 Å². The minimum atomic E-state index is -0.0627. The number of H-pyrrole nitrogens is 1. The number of nitrogens with one attached hydrogen (secondary N) is 1. The molecule has 0 radical (unpaired) electrons. The van der Waals surface area contributed by atoms with E-state index in [1.807, 2.05) is 30.3 Å². The third kappa shape index (κ3) is 4.66. The first-order valence-corrected chi connectivity index (χ1v) is 11.4. The summed E-state index contributed by atoms with van der Waals surface area (Å²) < 4.78 is 16.7. The monoisotopic (exact) mass is 458 g/mol. The smallest absolute Gasteiger partial charge is 0.260 e. The van der Waals surface area contributed by atoms with Gasteiger partial charge in [0.1, 0.15) is 12.4 Å². The van der Waals surface area contributed by atoms with Gasteiger partial charge in [0.25, 0.3) is 5.17 Å². The van der Waals surface area contributed by atoms with Crippen LogP contribution >= 0.6 is 23.8 Å². The highest BCUT2D eigenvalue weighted by Gasteiger charge is 2.33. The molecule has 0 amide bonds. The Morgan fingerprint density at radius 1 is 1.16 bits per heavy atom. The van der Waals surface area contributed by atoms with Gasteiger partial charge in [-0.25, -0.2) is 0 Å². The molecular weight excluding hydrogens is 432 g/mol. The summed E-state index contributed by atoms with van der Waals surface area (Å²) in [4.78, 5) is 5.80. The number of hydrogen-bond acceptors (Lipinski definition) is 4. The SMILES string of the molecule is CCCOC(=S)N1CCc2c([nH]c3ccc(Cl)cc23)C1c1ccc(OCCOC)cc1. The maximum Gasteiger partial charge on any atom is 0.260 e. The molecule has 0 fully saturated rings. The van der Waals surface area contributed by atoms with E-state index >= 15 is 0 Å². The first kappa shape index (κ1) is 21.9. The second-order valence-corrected chi connectivity index (χ2v) is 8.36. The second kappa shape index (κ2) is 9.90. The van der Waals surface area contributed by atoms with Crippen molar-refractivity contribution >= 4 is 39.9 Å². The average Bonchev–Trinajstić information content (AvgIpc) is 3.15. The molecule has 1 aliphatic heterocycles. The number of benzene rings is 2. The molecule has 2 aromatic carbocycles. The lowest BCUT2D eigenvalue weighted by molar-refractivity contribution is 0.146. The van der Waals surface area contributed by atoms with Crippen molar-refractivity contribution in [2.75, 3.05) is 33.5 Å². The molecule has 1 aliphatic rings. The topological polar surface area (TPSA) is 46.7 Å². The van der Waals surface area contributed by atoms with Crippen LogP contribution in [-0.4, -0.2) is 48.5 Å². The van der Waals surface area contributed by atoms with Gasteiger partial charge in [-0.2, -0.15) is 0 Å². The van der Waals surface area contributed by atoms with Crippen molar-refractivity contribution in [3.8, 4) is 5.75 Å². The highest BCUT2D eigenvalue weighted by molar-refractivity contribution is 7.80. The van der Waals surface area contributed by atoms with Crippen molar-refractivity contribution in [1.29, 1.82) is 0 Å². The van der Waals surface area contributed by atoms with E-state index in [9.17, 15) is 0 Å². The Labute approximate surface area is 193 Å². The lowest BCUT2D eigenvalue weighted by Gasteiger charge is -2.37. The van der Waals surface area contributed by atoms with Crippen molar-refractivity contribution in [2.45, 2.75) is 25.8 Å². The Hall–Kier alpha value is -2.28. The Morgan fingerprint density at radius 2 is 1.97 bits per heavy atom. The van der Waals surface area contributed by atoms with Crippen LogP contribution in [0.25, 0.3) is 10.9 Å². The average molecular weight is 459 g/mol. The summed E-state index contributed by atoms with van der Waals surface area (Å²) in [5, 5.41) is 2.45. The van der Waals surface area contributed by atoms with Crippen LogP contribution in [0.3, 0.4) is 0 Å². The molecule has 3 aromatic rings. The molecule has 0 aliphatic carbocycles. The van der Waals surface area contributed by atoms with Crippen LogP contribution in [0.2, 0.25) is 5.02 Å². The van der Waals surface area contributed by atoms with Gasteiger partial charge < -0.3 is 24.1 Å². The summed E-state index contributed by atoms with van der Waals surface area (Å²) in [6.07, 6.45) is 1.79. The van der Waals surface area contributed by atoms with E-state index in [1.54, 1.807) is 7.11 Å². The summed E-state index contributed by atoms with van der Waals surface area (Å²) in [6.45, 7) is 4.56. The van der Waals surface area contributed by atoms with Gasteiger partial charge in [-0.15, -0.1) is 0 Å². The van der Waals surface area contributed by atoms with E-state index in [-0.39, 0.29) is 6.04 Å². The van der Waals surface area contributed by atoms with Gasteiger partial charge >= 0.3 is 0 Å². The zero-order valence-corrected chi connectivity index (χ0v) is 19.4. The van der Waals surface area contributed by atoms with Crippen molar-refractivity contribution in [2.24, 2.45) is 0 Å². The molecular formula is C24H27ClN2O3S. The largest absolute Gasteiger partial charge is 0.491 e. The first-order valence-electron chi connectivity index (χ1n) is 10.6. The number of halogens is 1. The molecule has 1 N–H and O–H groups in total. The van der Waals surface area contributed by atoms with Crippen LogP contribution in [0.1, 0.15) is 36.2 Å². The molecule has 5 nitrogen and oxygen atoms in total. The van der Waals surface area contributed by atoms with Crippen LogP contribution in [0.5, 0.6) is 5.75 Å². The van der Waals surface area contributed by atoms with Crippen LogP contribution in [0.15, 0.2) is 42.5 Å². The van der Waals surface area contributed by atoms with Crippen molar-refractivity contribution < 1.29 is 14.2 Å². The molecule has 1 aromatic heterocycles. The Morgan fingerprint density at radius 3 is 2.71 bits per heavy atom. The van der Waals surface area contributed by atoms with Crippen molar-refractivity contribution in [3.05, 3.63) is 64.3 Å². The molecule has 0 saturated heterocycles. The fraction of sp³-hybridized carbons (Fsp3) is 0.375. The summed E-state index contributed by atoms with van der Waals surface area (Å²) in [6, 6.07) is 14.1. The maximum absolute atomic E-state index is 6.29. The van der Waals surface area contributed by atoms with E-state index in [0.717, 1.165) is 46.9 Å². The molecule has 2 heterocycles. The number of hydrogen-bond donors (Lipinski definition) is 1. The summed E-state index contributed by atoms with van der Waals surface area (Å²) >= 11 is 12.0.